The number of hydrogen-bond donors (Lipinski definition) is 1. The summed E-state index contributed by atoms with van der Waals surface area (Å²) < 4.78 is 0. The number of para-hydroxylation sites is 1. The number of H-pyrrole nitrogens is 1. The lowest BCUT2D eigenvalue weighted by molar-refractivity contribution is 0.0767. The number of hydrogen-bond acceptors (Lipinski definition) is 2. The third kappa shape index (κ3) is 3.11. The predicted molar refractivity (Wildman–Crippen MR) is 92.6 cm³/mol. The maximum Gasteiger partial charge on any atom is 0.256 e. The van der Waals surface area contributed by atoms with Crippen LogP contribution in [0, 0.1) is 6.92 Å². The molecule has 0 spiro atoms. The monoisotopic (exact) mass is 307 g/mol. The molecule has 0 unspecified atom stereocenters. The molecule has 2 aromatic heterocycles. The van der Waals surface area contributed by atoms with E-state index in [0.29, 0.717) is 13.1 Å². The molecule has 1 N–H and O–H groups in total. The first kappa shape index (κ1) is 15.3. The summed E-state index contributed by atoms with van der Waals surface area (Å²) in [7, 11) is 0. The van der Waals surface area contributed by atoms with Gasteiger partial charge in [0, 0.05) is 42.1 Å². The second kappa shape index (κ2) is 6.65. The highest BCUT2D eigenvalue weighted by Crippen LogP contribution is 2.23. The van der Waals surface area contributed by atoms with Gasteiger partial charge in [0.05, 0.1) is 5.56 Å². The fourth-order valence-corrected chi connectivity index (χ4v) is 2.93. The number of aromatic amines is 1. The first-order valence-corrected chi connectivity index (χ1v) is 7.96. The van der Waals surface area contributed by atoms with E-state index in [4.69, 9.17) is 0 Å². The van der Waals surface area contributed by atoms with E-state index < -0.39 is 0 Å². The average Bonchev–Trinajstić information content (AvgIpc) is 2.92. The molecule has 0 atom stereocenters. The van der Waals surface area contributed by atoms with Gasteiger partial charge < -0.3 is 9.88 Å². The number of carbonyl (C=O) groups excluding carboxylic acids is 1. The van der Waals surface area contributed by atoms with Gasteiger partial charge in [-0.2, -0.15) is 0 Å². The normalized spacial score (nSPS) is 10.9. The van der Waals surface area contributed by atoms with Crippen LogP contribution in [0.25, 0.3) is 10.9 Å². The molecule has 3 aromatic rings. The van der Waals surface area contributed by atoms with Gasteiger partial charge in [-0.1, -0.05) is 18.2 Å². The average molecular weight is 307 g/mol. The quantitative estimate of drug-likeness (QED) is 0.783. The predicted octanol–water partition coefficient (Wildman–Crippen LogP) is 3.58. The molecule has 3 rings (SSSR count). The third-order valence-electron chi connectivity index (χ3n) is 4.20. The lowest BCUT2D eigenvalue weighted by atomic mass is 10.1. The van der Waals surface area contributed by atoms with Crippen molar-refractivity contribution in [2.75, 3.05) is 13.1 Å². The summed E-state index contributed by atoms with van der Waals surface area (Å²) in [5.41, 5.74) is 3.93. The Morgan fingerprint density at radius 3 is 2.65 bits per heavy atom. The van der Waals surface area contributed by atoms with Crippen molar-refractivity contribution in [2.24, 2.45) is 0 Å². The zero-order chi connectivity index (χ0) is 16.2. The Bertz CT molecular complexity index is 808. The molecule has 4 nitrogen and oxygen atoms in total. The number of amides is 1. The molecule has 0 bridgehead atoms. The first-order chi connectivity index (χ1) is 11.2. The highest BCUT2D eigenvalue weighted by molar-refractivity contribution is 6.08. The SMILES string of the molecule is CCN(CCc1ccncc1)C(=O)c1c(C)[nH]c2ccccc12. The standard InChI is InChI=1S/C19H21N3O/c1-3-22(13-10-15-8-11-20-12-9-15)19(23)18-14(2)21-17-7-5-4-6-16(17)18/h4-9,11-12,21H,3,10,13H2,1-2H3. The van der Waals surface area contributed by atoms with Crippen LogP contribution < -0.4 is 0 Å². The van der Waals surface area contributed by atoms with E-state index >= 15 is 0 Å². The Kier molecular flexibility index (Phi) is 4.42. The lowest BCUT2D eigenvalue weighted by Gasteiger charge is -2.21. The number of nitrogens with zero attached hydrogens (tertiary/aromatic N) is 2. The zero-order valence-corrected chi connectivity index (χ0v) is 13.5. The second-order valence-electron chi connectivity index (χ2n) is 5.66. The lowest BCUT2D eigenvalue weighted by Crippen LogP contribution is -2.33. The first-order valence-electron chi connectivity index (χ1n) is 7.96. The van der Waals surface area contributed by atoms with Crippen LogP contribution in [0.2, 0.25) is 0 Å². The Balaban J connectivity index is 1.83. The second-order valence-corrected chi connectivity index (χ2v) is 5.66. The van der Waals surface area contributed by atoms with Crippen LogP contribution in [-0.2, 0) is 6.42 Å². The van der Waals surface area contributed by atoms with Crippen LogP contribution in [0.15, 0.2) is 48.8 Å². The van der Waals surface area contributed by atoms with E-state index in [-0.39, 0.29) is 5.91 Å². The summed E-state index contributed by atoms with van der Waals surface area (Å²) in [6.45, 7) is 5.39. The molecule has 0 aliphatic heterocycles. The summed E-state index contributed by atoms with van der Waals surface area (Å²) in [5, 5.41) is 0.998. The summed E-state index contributed by atoms with van der Waals surface area (Å²) in [6.07, 6.45) is 4.41. The van der Waals surface area contributed by atoms with Crippen LogP contribution in [0.1, 0.15) is 28.5 Å². The van der Waals surface area contributed by atoms with Crippen molar-refractivity contribution in [1.82, 2.24) is 14.9 Å². The number of carbonyl (C=O) groups is 1. The molecule has 0 fully saturated rings. The molecule has 1 aromatic carbocycles. The molecular weight excluding hydrogens is 286 g/mol. The van der Waals surface area contributed by atoms with Crippen LogP contribution in [0.4, 0.5) is 0 Å². The summed E-state index contributed by atoms with van der Waals surface area (Å²) >= 11 is 0. The van der Waals surface area contributed by atoms with Gasteiger partial charge in [-0.05, 0) is 44.0 Å². The Morgan fingerprint density at radius 2 is 1.91 bits per heavy atom. The molecule has 2 heterocycles. The number of aromatic nitrogens is 2. The summed E-state index contributed by atoms with van der Waals surface area (Å²) in [5.74, 6) is 0.0940. The molecule has 0 aliphatic rings. The van der Waals surface area contributed by atoms with E-state index in [1.807, 2.05) is 55.1 Å². The smallest absolute Gasteiger partial charge is 0.256 e. The fraction of sp³-hybridized carbons (Fsp3) is 0.263. The van der Waals surface area contributed by atoms with Crippen LogP contribution in [0.5, 0.6) is 0 Å². The molecule has 0 saturated carbocycles. The minimum Gasteiger partial charge on any atom is -0.358 e. The van der Waals surface area contributed by atoms with Gasteiger partial charge in [0.25, 0.3) is 5.91 Å². The van der Waals surface area contributed by atoms with Crippen molar-refractivity contribution < 1.29 is 4.79 Å². The highest BCUT2D eigenvalue weighted by Gasteiger charge is 2.20. The Hall–Kier alpha value is -2.62. The van der Waals surface area contributed by atoms with Crippen LogP contribution in [0.3, 0.4) is 0 Å². The number of pyridine rings is 1. The van der Waals surface area contributed by atoms with Crippen molar-refractivity contribution in [3.8, 4) is 0 Å². The minimum atomic E-state index is 0.0940. The molecule has 0 saturated heterocycles. The van der Waals surface area contributed by atoms with Gasteiger partial charge in [-0.15, -0.1) is 0 Å². The third-order valence-corrected chi connectivity index (χ3v) is 4.20. The number of rotatable bonds is 5. The van der Waals surface area contributed by atoms with E-state index in [9.17, 15) is 4.79 Å². The van der Waals surface area contributed by atoms with Gasteiger partial charge in [0.15, 0.2) is 0 Å². The van der Waals surface area contributed by atoms with Gasteiger partial charge in [-0.25, -0.2) is 0 Å². The number of likely N-dealkylation sites (N-methyl/N-ethyl adjacent to an activating group) is 1. The van der Waals surface area contributed by atoms with Crippen molar-refractivity contribution in [3.63, 3.8) is 0 Å². The topological polar surface area (TPSA) is 49.0 Å². The maximum absolute atomic E-state index is 13.0. The number of nitrogens with one attached hydrogen (secondary N) is 1. The van der Waals surface area contributed by atoms with E-state index in [2.05, 4.69) is 9.97 Å². The van der Waals surface area contributed by atoms with Gasteiger partial charge in [0.2, 0.25) is 0 Å². The minimum absolute atomic E-state index is 0.0940. The van der Waals surface area contributed by atoms with Crippen molar-refractivity contribution in [1.29, 1.82) is 0 Å². The van der Waals surface area contributed by atoms with Gasteiger partial charge in [-0.3, -0.25) is 9.78 Å². The summed E-state index contributed by atoms with van der Waals surface area (Å²) in [4.78, 5) is 22.2. The fourth-order valence-electron chi connectivity index (χ4n) is 2.93. The van der Waals surface area contributed by atoms with E-state index in [0.717, 1.165) is 28.6 Å². The van der Waals surface area contributed by atoms with Crippen molar-refractivity contribution in [2.45, 2.75) is 20.3 Å². The number of benzene rings is 1. The van der Waals surface area contributed by atoms with E-state index in [1.54, 1.807) is 12.4 Å². The highest BCUT2D eigenvalue weighted by atomic mass is 16.2. The Morgan fingerprint density at radius 1 is 1.17 bits per heavy atom. The summed E-state index contributed by atoms with van der Waals surface area (Å²) in [6, 6.07) is 12.0. The van der Waals surface area contributed by atoms with Gasteiger partial charge >= 0.3 is 0 Å². The molecule has 23 heavy (non-hydrogen) atoms. The maximum atomic E-state index is 13.0. The van der Waals surface area contributed by atoms with Crippen LogP contribution >= 0.6 is 0 Å². The molecule has 0 aliphatic carbocycles. The van der Waals surface area contributed by atoms with Crippen molar-refractivity contribution >= 4 is 16.8 Å². The molecular formula is C19H21N3O. The Labute approximate surface area is 136 Å². The number of fused-ring (bicyclic) bond motifs is 1. The zero-order valence-electron chi connectivity index (χ0n) is 13.5. The molecule has 1 amide bonds. The van der Waals surface area contributed by atoms with Crippen LogP contribution in [-0.4, -0.2) is 33.9 Å². The van der Waals surface area contributed by atoms with Crippen molar-refractivity contribution in [3.05, 3.63) is 65.6 Å². The largest absolute Gasteiger partial charge is 0.358 e. The number of aryl methyl sites for hydroxylation is 1. The van der Waals surface area contributed by atoms with Gasteiger partial charge in [0.1, 0.15) is 0 Å². The molecule has 118 valence electrons. The molecule has 0 radical (unpaired) electrons. The van der Waals surface area contributed by atoms with E-state index in [1.165, 1.54) is 5.56 Å². The molecule has 4 heteroatoms.